The van der Waals surface area contributed by atoms with Gasteiger partial charge in [0, 0.05) is 22.2 Å². The van der Waals surface area contributed by atoms with Crippen molar-refractivity contribution in [1.29, 1.82) is 0 Å². The zero-order valence-corrected chi connectivity index (χ0v) is 14.1. The van der Waals surface area contributed by atoms with Crippen LogP contribution in [0.15, 0.2) is 42.5 Å². The fraction of sp³-hybridized carbons (Fsp3) is 0.389. The lowest BCUT2D eigenvalue weighted by Gasteiger charge is -2.24. The van der Waals surface area contributed by atoms with Crippen LogP contribution < -0.4 is 5.32 Å². The number of carbonyl (C=O) groups is 1. The molecule has 0 fully saturated rings. The molecule has 0 aliphatic carbocycles. The lowest BCUT2D eigenvalue weighted by Crippen LogP contribution is -2.38. The number of nitrogens with one attached hydrogen (secondary N) is 1. The normalized spacial score (nSPS) is 15.1. The zero-order chi connectivity index (χ0) is 16.2. The first-order valence-electron chi connectivity index (χ1n) is 7.49. The second kappa shape index (κ2) is 7.07. The van der Waals surface area contributed by atoms with Crippen LogP contribution in [0, 0.1) is 6.92 Å². The predicted molar refractivity (Wildman–Crippen MR) is 91.0 cm³/mol. The van der Waals surface area contributed by atoms with Crippen molar-refractivity contribution < 1.29 is 9.90 Å². The Morgan fingerprint density at radius 2 is 1.95 bits per heavy atom. The summed E-state index contributed by atoms with van der Waals surface area (Å²) >= 11 is 1.75. The van der Waals surface area contributed by atoms with Gasteiger partial charge in [-0.25, -0.2) is 0 Å². The number of amides is 1. The zero-order valence-electron chi connectivity index (χ0n) is 13.3. The highest BCUT2D eigenvalue weighted by atomic mass is 32.1. The molecule has 3 nitrogen and oxygen atoms in total. The molecule has 0 aliphatic rings. The van der Waals surface area contributed by atoms with E-state index in [0.717, 1.165) is 12.0 Å². The molecule has 2 N–H and O–H groups in total. The van der Waals surface area contributed by atoms with Crippen molar-refractivity contribution >= 4 is 17.2 Å². The molecule has 1 heterocycles. The van der Waals surface area contributed by atoms with Gasteiger partial charge in [-0.1, -0.05) is 30.3 Å². The fourth-order valence-corrected chi connectivity index (χ4v) is 3.50. The molecular weight excluding hydrogens is 294 g/mol. The summed E-state index contributed by atoms with van der Waals surface area (Å²) in [6.07, 6.45) is 0.878. The third kappa shape index (κ3) is 4.68. The first kappa shape index (κ1) is 16.7. The molecule has 0 radical (unpaired) electrons. The largest absolute Gasteiger partial charge is 0.385 e. The maximum atomic E-state index is 12.2. The van der Waals surface area contributed by atoms with Gasteiger partial charge < -0.3 is 10.4 Å². The molecule has 0 bridgehead atoms. The minimum absolute atomic E-state index is 0.0529. The summed E-state index contributed by atoms with van der Waals surface area (Å²) in [6.45, 7) is 5.74. The molecule has 2 unspecified atom stereocenters. The van der Waals surface area contributed by atoms with Gasteiger partial charge in [0.25, 0.3) is 0 Å². The Balaban J connectivity index is 1.89. The highest BCUT2D eigenvalue weighted by molar-refractivity contribution is 7.11. The van der Waals surface area contributed by atoms with Crippen molar-refractivity contribution in [2.45, 2.75) is 45.3 Å². The molecule has 118 valence electrons. The van der Waals surface area contributed by atoms with E-state index in [1.807, 2.05) is 37.3 Å². The van der Waals surface area contributed by atoms with Crippen LogP contribution in [0.2, 0.25) is 0 Å². The maximum absolute atomic E-state index is 12.2. The second-order valence-electron chi connectivity index (χ2n) is 6.00. The first-order chi connectivity index (χ1) is 10.4. The average Bonchev–Trinajstić information content (AvgIpc) is 2.84. The number of thiophene rings is 1. The Morgan fingerprint density at radius 1 is 1.27 bits per heavy atom. The lowest BCUT2D eigenvalue weighted by molar-refractivity contribution is -0.126. The Morgan fingerprint density at radius 3 is 2.55 bits per heavy atom. The number of rotatable bonds is 6. The highest BCUT2D eigenvalue weighted by Crippen LogP contribution is 2.24. The molecule has 1 aromatic carbocycles. The Hall–Kier alpha value is -1.65. The summed E-state index contributed by atoms with van der Waals surface area (Å²) in [5.41, 5.74) is -0.392. The number of aliphatic hydroxyl groups is 1. The van der Waals surface area contributed by atoms with Crippen LogP contribution >= 0.6 is 11.3 Å². The van der Waals surface area contributed by atoms with Gasteiger partial charge in [0.2, 0.25) is 5.91 Å². The van der Waals surface area contributed by atoms with E-state index in [9.17, 15) is 9.90 Å². The van der Waals surface area contributed by atoms with Gasteiger partial charge in [0.05, 0.1) is 12.0 Å². The quantitative estimate of drug-likeness (QED) is 0.858. The van der Waals surface area contributed by atoms with E-state index in [1.54, 1.807) is 18.3 Å². The van der Waals surface area contributed by atoms with Crippen LogP contribution in [0.4, 0.5) is 0 Å². The third-order valence-corrected chi connectivity index (χ3v) is 4.63. The van der Waals surface area contributed by atoms with E-state index in [2.05, 4.69) is 24.4 Å². The standard InChI is InChI=1S/C18H23NO2S/c1-13(11-16-10-9-14(2)22-16)19-17(20)12-18(3,21)15-7-5-4-6-8-15/h4-10,13,21H,11-12H2,1-3H3,(H,19,20). The minimum Gasteiger partial charge on any atom is -0.385 e. The van der Waals surface area contributed by atoms with Gasteiger partial charge in [-0.2, -0.15) is 0 Å². The van der Waals surface area contributed by atoms with E-state index in [1.165, 1.54) is 9.75 Å². The lowest BCUT2D eigenvalue weighted by atomic mass is 9.92. The van der Waals surface area contributed by atoms with E-state index in [4.69, 9.17) is 0 Å². The minimum atomic E-state index is -1.15. The van der Waals surface area contributed by atoms with Gasteiger partial charge in [0.1, 0.15) is 0 Å². The van der Waals surface area contributed by atoms with Crippen molar-refractivity contribution in [2.75, 3.05) is 0 Å². The number of benzene rings is 1. The maximum Gasteiger partial charge on any atom is 0.223 e. The Bertz CT molecular complexity index is 619. The Labute approximate surface area is 136 Å². The first-order valence-corrected chi connectivity index (χ1v) is 8.31. The van der Waals surface area contributed by atoms with Crippen molar-refractivity contribution in [3.8, 4) is 0 Å². The molecule has 0 spiro atoms. The molecule has 1 amide bonds. The topological polar surface area (TPSA) is 49.3 Å². The van der Waals surface area contributed by atoms with Crippen LogP contribution in [0.25, 0.3) is 0 Å². The fourth-order valence-electron chi connectivity index (χ4n) is 2.49. The van der Waals surface area contributed by atoms with Crippen LogP contribution in [0.3, 0.4) is 0 Å². The SMILES string of the molecule is Cc1ccc(CC(C)NC(=O)CC(C)(O)c2ccccc2)s1. The van der Waals surface area contributed by atoms with E-state index in [-0.39, 0.29) is 18.4 Å². The predicted octanol–water partition coefficient (Wildman–Crippen LogP) is 3.40. The Kier molecular flexibility index (Phi) is 5.37. The summed E-state index contributed by atoms with van der Waals surface area (Å²) in [5, 5.41) is 13.5. The molecule has 0 saturated heterocycles. The number of aryl methyl sites for hydroxylation is 1. The molecule has 2 rings (SSSR count). The van der Waals surface area contributed by atoms with Crippen molar-refractivity contribution in [2.24, 2.45) is 0 Å². The van der Waals surface area contributed by atoms with E-state index < -0.39 is 5.60 Å². The summed E-state index contributed by atoms with van der Waals surface area (Å²) in [6, 6.07) is 13.5. The number of hydrogen-bond donors (Lipinski definition) is 2. The molecule has 1 aromatic heterocycles. The van der Waals surface area contributed by atoms with Crippen molar-refractivity contribution in [3.63, 3.8) is 0 Å². The summed E-state index contributed by atoms with van der Waals surface area (Å²) in [4.78, 5) is 14.7. The van der Waals surface area contributed by atoms with Crippen LogP contribution in [0.1, 0.15) is 35.6 Å². The van der Waals surface area contributed by atoms with E-state index >= 15 is 0 Å². The molecule has 2 aromatic rings. The summed E-state index contributed by atoms with van der Waals surface area (Å²) in [5.74, 6) is -0.130. The molecular formula is C18H23NO2S. The molecule has 4 heteroatoms. The van der Waals surface area contributed by atoms with Crippen molar-refractivity contribution in [1.82, 2.24) is 5.32 Å². The summed E-state index contributed by atoms with van der Waals surface area (Å²) in [7, 11) is 0. The van der Waals surface area contributed by atoms with Gasteiger partial charge >= 0.3 is 0 Å². The second-order valence-corrected chi connectivity index (χ2v) is 7.37. The van der Waals surface area contributed by atoms with Crippen molar-refractivity contribution in [3.05, 3.63) is 57.8 Å². The average molecular weight is 317 g/mol. The third-order valence-electron chi connectivity index (χ3n) is 3.61. The molecule has 22 heavy (non-hydrogen) atoms. The number of carbonyl (C=O) groups excluding carboxylic acids is 1. The van der Waals surface area contributed by atoms with Crippen LogP contribution in [-0.4, -0.2) is 17.1 Å². The number of hydrogen-bond acceptors (Lipinski definition) is 3. The smallest absolute Gasteiger partial charge is 0.223 e. The molecule has 2 atom stereocenters. The molecule has 0 aliphatic heterocycles. The van der Waals surface area contributed by atoms with Gasteiger partial charge in [-0.15, -0.1) is 11.3 Å². The van der Waals surface area contributed by atoms with Crippen LogP contribution in [-0.2, 0) is 16.8 Å². The monoisotopic (exact) mass is 317 g/mol. The van der Waals surface area contributed by atoms with E-state index in [0.29, 0.717) is 0 Å². The van der Waals surface area contributed by atoms with Gasteiger partial charge in [-0.05, 0) is 38.5 Å². The highest BCUT2D eigenvalue weighted by Gasteiger charge is 2.26. The van der Waals surface area contributed by atoms with Crippen LogP contribution in [0.5, 0.6) is 0 Å². The summed E-state index contributed by atoms with van der Waals surface area (Å²) < 4.78 is 0. The van der Waals surface area contributed by atoms with Gasteiger partial charge in [-0.3, -0.25) is 4.79 Å². The van der Waals surface area contributed by atoms with Gasteiger partial charge in [0.15, 0.2) is 0 Å². The molecule has 0 saturated carbocycles.